The van der Waals surface area contributed by atoms with E-state index in [2.05, 4.69) is 0 Å². The van der Waals surface area contributed by atoms with E-state index in [-0.39, 0.29) is 12.4 Å². The van der Waals surface area contributed by atoms with Gasteiger partial charge in [0.25, 0.3) is 0 Å². The van der Waals surface area contributed by atoms with Crippen LogP contribution >= 0.6 is 22.9 Å². The van der Waals surface area contributed by atoms with Crippen molar-refractivity contribution in [2.75, 3.05) is 6.61 Å². The lowest BCUT2D eigenvalue weighted by Gasteiger charge is -2.01. The predicted molar refractivity (Wildman–Crippen MR) is 89.6 cm³/mol. The Morgan fingerprint density at radius 3 is 2.64 bits per heavy atom. The summed E-state index contributed by atoms with van der Waals surface area (Å²) in [6.45, 7) is 3.56. The van der Waals surface area contributed by atoms with Gasteiger partial charge >= 0.3 is 5.97 Å². The van der Waals surface area contributed by atoms with Crippen LogP contribution in [0.1, 0.15) is 25.7 Å². The molecule has 0 atom stereocenters. The summed E-state index contributed by atoms with van der Waals surface area (Å²) in [6.07, 6.45) is 2.83. The van der Waals surface area contributed by atoms with Gasteiger partial charge < -0.3 is 4.74 Å². The molecule has 3 nitrogen and oxygen atoms in total. The van der Waals surface area contributed by atoms with Gasteiger partial charge in [-0.05, 0) is 37.6 Å². The Hall–Kier alpha value is -1.91. The minimum absolute atomic E-state index is 0.193. The maximum absolute atomic E-state index is 12.0. The van der Waals surface area contributed by atoms with Gasteiger partial charge in [-0.1, -0.05) is 29.8 Å². The van der Waals surface area contributed by atoms with E-state index in [1.807, 2.05) is 32.0 Å². The number of benzene rings is 1. The lowest BCUT2D eigenvalue weighted by atomic mass is 10.2. The predicted octanol–water partition coefficient (Wildman–Crippen LogP) is 4.46. The van der Waals surface area contributed by atoms with Crippen molar-refractivity contribution in [2.24, 2.45) is 0 Å². The summed E-state index contributed by atoms with van der Waals surface area (Å²) in [5, 5.41) is 0.548. The minimum Gasteiger partial charge on any atom is -0.454 e. The van der Waals surface area contributed by atoms with E-state index in [0.29, 0.717) is 10.6 Å². The molecular formula is C17H15ClO3S. The zero-order valence-corrected chi connectivity index (χ0v) is 13.8. The molecule has 1 aromatic heterocycles. The standard InChI is InChI=1S/C17H15ClO3S/c1-11-9-14(12(2)22-11)16(19)10-21-17(20)8-7-13-5-3-4-6-15(13)18/h3-9H,10H2,1-2H3/b8-7+. The molecule has 2 aromatic rings. The molecule has 0 radical (unpaired) electrons. The number of carbonyl (C=O) groups excluding carboxylic acids is 2. The number of rotatable bonds is 5. The Morgan fingerprint density at radius 1 is 1.27 bits per heavy atom. The van der Waals surface area contributed by atoms with Crippen LogP contribution in [0.5, 0.6) is 0 Å². The molecule has 1 heterocycles. The lowest BCUT2D eigenvalue weighted by molar-refractivity contribution is -0.136. The highest BCUT2D eigenvalue weighted by Gasteiger charge is 2.13. The van der Waals surface area contributed by atoms with Crippen molar-refractivity contribution in [1.82, 2.24) is 0 Å². The molecule has 5 heteroatoms. The van der Waals surface area contributed by atoms with Crippen molar-refractivity contribution in [1.29, 1.82) is 0 Å². The SMILES string of the molecule is Cc1cc(C(=O)COC(=O)/C=C/c2ccccc2Cl)c(C)s1. The molecule has 2 rings (SSSR count). The summed E-state index contributed by atoms with van der Waals surface area (Å²) in [5.41, 5.74) is 1.34. The fourth-order valence-electron chi connectivity index (χ4n) is 1.94. The first-order valence-corrected chi connectivity index (χ1v) is 7.86. The molecule has 1 aromatic carbocycles. The van der Waals surface area contributed by atoms with E-state index in [1.165, 1.54) is 6.08 Å². The number of hydrogen-bond acceptors (Lipinski definition) is 4. The number of esters is 1. The van der Waals surface area contributed by atoms with Crippen LogP contribution in [-0.4, -0.2) is 18.4 Å². The Bertz CT molecular complexity index is 731. The summed E-state index contributed by atoms with van der Waals surface area (Å²) in [7, 11) is 0. The number of ether oxygens (including phenoxy) is 1. The zero-order chi connectivity index (χ0) is 16.1. The van der Waals surface area contributed by atoms with Gasteiger partial charge in [-0.25, -0.2) is 4.79 Å². The van der Waals surface area contributed by atoms with Crippen LogP contribution in [0.3, 0.4) is 0 Å². The highest BCUT2D eigenvalue weighted by Crippen LogP contribution is 2.21. The number of ketones is 1. The summed E-state index contributed by atoms with van der Waals surface area (Å²) >= 11 is 7.53. The summed E-state index contributed by atoms with van der Waals surface area (Å²) in [6, 6.07) is 8.96. The van der Waals surface area contributed by atoms with Crippen molar-refractivity contribution >= 4 is 40.8 Å². The van der Waals surface area contributed by atoms with Crippen LogP contribution in [0.15, 0.2) is 36.4 Å². The van der Waals surface area contributed by atoms with Gasteiger partial charge in [0.2, 0.25) is 5.78 Å². The Balaban J connectivity index is 1.92. The number of aryl methyl sites for hydroxylation is 2. The highest BCUT2D eigenvalue weighted by molar-refractivity contribution is 7.12. The molecule has 0 amide bonds. The molecule has 114 valence electrons. The average Bonchev–Trinajstić information content (AvgIpc) is 2.82. The second-order valence-corrected chi connectivity index (χ2v) is 6.58. The van der Waals surface area contributed by atoms with Gasteiger partial charge in [-0.3, -0.25) is 4.79 Å². The van der Waals surface area contributed by atoms with Crippen LogP contribution in [0.25, 0.3) is 6.08 Å². The second kappa shape index (κ2) is 7.38. The highest BCUT2D eigenvalue weighted by atomic mass is 35.5. The molecule has 0 aliphatic rings. The van der Waals surface area contributed by atoms with E-state index in [1.54, 1.807) is 29.5 Å². The van der Waals surface area contributed by atoms with E-state index < -0.39 is 5.97 Å². The maximum Gasteiger partial charge on any atom is 0.331 e. The lowest BCUT2D eigenvalue weighted by Crippen LogP contribution is -2.12. The number of carbonyl (C=O) groups is 2. The first-order chi connectivity index (χ1) is 10.5. The Labute approximate surface area is 138 Å². The Kier molecular flexibility index (Phi) is 5.52. The molecule has 0 N–H and O–H groups in total. The van der Waals surface area contributed by atoms with Gasteiger partial charge in [0.05, 0.1) is 0 Å². The normalized spacial score (nSPS) is 10.9. The molecule has 0 bridgehead atoms. The summed E-state index contributed by atoms with van der Waals surface area (Å²) in [5.74, 6) is -0.765. The average molecular weight is 335 g/mol. The van der Waals surface area contributed by atoms with Crippen LogP contribution in [-0.2, 0) is 9.53 Å². The topological polar surface area (TPSA) is 43.4 Å². The molecule has 0 aliphatic heterocycles. The third-order valence-corrected chi connectivity index (χ3v) is 4.30. The molecule has 0 saturated heterocycles. The third-order valence-electron chi connectivity index (χ3n) is 2.99. The van der Waals surface area contributed by atoms with Gasteiger partial charge in [0.1, 0.15) is 0 Å². The van der Waals surface area contributed by atoms with Crippen LogP contribution in [0.4, 0.5) is 0 Å². The molecule has 0 aliphatic carbocycles. The van der Waals surface area contributed by atoms with Gasteiger partial charge in [-0.15, -0.1) is 11.3 Å². The van der Waals surface area contributed by atoms with E-state index >= 15 is 0 Å². The first-order valence-electron chi connectivity index (χ1n) is 6.67. The van der Waals surface area contributed by atoms with Crippen LogP contribution < -0.4 is 0 Å². The van der Waals surface area contributed by atoms with E-state index in [4.69, 9.17) is 16.3 Å². The third kappa shape index (κ3) is 4.29. The second-order valence-electron chi connectivity index (χ2n) is 4.71. The number of thiophene rings is 1. The van der Waals surface area contributed by atoms with Crippen LogP contribution in [0.2, 0.25) is 5.02 Å². The number of Topliss-reactive ketones (excluding diaryl/α,β-unsaturated/α-hetero) is 1. The quantitative estimate of drug-likeness (QED) is 0.460. The van der Waals surface area contributed by atoms with Crippen molar-refractivity contribution in [3.8, 4) is 0 Å². The van der Waals surface area contributed by atoms with E-state index in [9.17, 15) is 9.59 Å². The smallest absolute Gasteiger partial charge is 0.331 e. The maximum atomic E-state index is 12.0. The van der Waals surface area contributed by atoms with Gasteiger partial charge in [0.15, 0.2) is 6.61 Å². The van der Waals surface area contributed by atoms with Crippen molar-refractivity contribution in [3.05, 3.63) is 62.3 Å². The fraction of sp³-hybridized carbons (Fsp3) is 0.176. The largest absolute Gasteiger partial charge is 0.454 e. The zero-order valence-electron chi connectivity index (χ0n) is 12.3. The summed E-state index contributed by atoms with van der Waals surface area (Å²) < 4.78 is 4.97. The van der Waals surface area contributed by atoms with Crippen molar-refractivity contribution in [2.45, 2.75) is 13.8 Å². The minimum atomic E-state index is -0.571. The van der Waals surface area contributed by atoms with Gasteiger partial charge in [0, 0.05) is 26.4 Å². The molecule has 0 fully saturated rings. The first kappa shape index (κ1) is 16.5. The number of hydrogen-bond donors (Lipinski definition) is 0. The molecule has 0 spiro atoms. The van der Waals surface area contributed by atoms with Gasteiger partial charge in [-0.2, -0.15) is 0 Å². The summed E-state index contributed by atoms with van der Waals surface area (Å²) in [4.78, 5) is 25.6. The molecule has 22 heavy (non-hydrogen) atoms. The number of halogens is 1. The Morgan fingerprint density at radius 2 is 2.00 bits per heavy atom. The molecular weight excluding hydrogens is 320 g/mol. The fourth-order valence-corrected chi connectivity index (χ4v) is 3.08. The van der Waals surface area contributed by atoms with Crippen molar-refractivity contribution < 1.29 is 14.3 Å². The van der Waals surface area contributed by atoms with Crippen molar-refractivity contribution in [3.63, 3.8) is 0 Å². The van der Waals surface area contributed by atoms with Crippen LogP contribution in [0, 0.1) is 13.8 Å². The molecule has 0 unspecified atom stereocenters. The monoisotopic (exact) mass is 334 g/mol. The molecule has 0 saturated carbocycles. The van der Waals surface area contributed by atoms with E-state index in [0.717, 1.165) is 15.3 Å².